The fourth-order valence-corrected chi connectivity index (χ4v) is 2.69. The van der Waals surface area contributed by atoms with E-state index in [4.69, 9.17) is 0 Å². The number of nitrogens with zero attached hydrogens (tertiary/aromatic N) is 1. The van der Waals surface area contributed by atoms with E-state index in [0.717, 1.165) is 26.6 Å². The molecule has 106 valence electrons. The topological polar surface area (TPSA) is 34.0 Å². The number of amides is 1. The van der Waals surface area contributed by atoms with E-state index < -0.39 is 0 Å². The number of carbonyl (C=O) groups is 1. The molecule has 1 aromatic heterocycles. The normalized spacial score (nSPS) is 10.8. The van der Waals surface area contributed by atoms with Crippen LogP contribution in [-0.4, -0.2) is 10.5 Å². The van der Waals surface area contributed by atoms with Crippen LogP contribution in [0.3, 0.4) is 0 Å². The summed E-state index contributed by atoms with van der Waals surface area (Å²) in [5, 5.41) is 3.92. The monoisotopic (exact) mass is 342 g/mol. The van der Waals surface area contributed by atoms with Gasteiger partial charge in [-0.25, -0.2) is 0 Å². The third-order valence-corrected chi connectivity index (χ3v) is 4.45. The van der Waals surface area contributed by atoms with Gasteiger partial charge in [-0.05, 0) is 36.8 Å². The summed E-state index contributed by atoms with van der Waals surface area (Å²) in [6.45, 7) is 2.00. The molecule has 1 heterocycles. The SMILES string of the molecule is Cc1cc(NC(=O)c2cn(C)c3ccccc23)ccc1Br. The van der Waals surface area contributed by atoms with E-state index in [1.54, 1.807) is 0 Å². The average Bonchev–Trinajstić information content (AvgIpc) is 2.81. The lowest BCUT2D eigenvalue weighted by atomic mass is 10.1. The number of halogens is 1. The fraction of sp³-hybridized carbons (Fsp3) is 0.118. The highest BCUT2D eigenvalue weighted by atomic mass is 79.9. The van der Waals surface area contributed by atoms with Crippen LogP contribution in [0.25, 0.3) is 10.9 Å². The maximum absolute atomic E-state index is 12.5. The van der Waals surface area contributed by atoms with E-state index in [-0.39, 0.29) is 5.91 Å². The molecular weight excluding hydrogens is 328 g/mol. The van der Waals surface area contributed by atoms with Crippen molar-refractivity contribution >= 4 is 38.4 Å². The number of nitrogens with one attached hydrogen (secondary N) is 1. The molecule has 0 radical (unpaired) electrons. The van der Waals surface area contributed by atoms with Crippen LogP contribution in [0.15, 0.2) is 53.1 Å². The van der Waals surface area contributed by atoms with Gasteiger partial charge in [0.2, 0.25) is 0 Å². The van der Waals surface area contributed by atoms with Crippen LogP contribution in [0.2, 0.25) is 0 Å². The number of carbonyl (C=O) groups excluding carboxylic acids is 1. The van der Waals surface area contributed by atoms with Gasteiger partial charge in [-0.3, -0.25) is 4.79 Å². The van der Waals surface area contributed by atoms with E-state index in [1.165, 1.54) is 0 Å². The molecule has 4 heteroatoms. The molecule has 3 rings (SSSR count). The van der Waals surface area contributed by atoms with Crippen LogP contribution >= 0.6 is 15.9 Å². The van der Waals surface area contributed by atoms with Crippen molar-refractivity contribution in [3.05, 3.63) is 64.3 Å². The van der Waals surface area contributed by atoms with Gasteiger partial charge in [-0.1, -0.05) is 34.1 Å². The van der Waals surface area contributed by atoms with Crippen LogP contribution in [-0.2, 0) is 7.05 Å². The molecule has 0 saturated heterocycles. The fourth-order valence-electron chi connectivity index (χ4n) is 2.44. The molecule has 0 aliphatic heterocycles. The Morgan fingerprint density at radius 3 is 2.71 bits per heavy atom. The number of aromatic nitrogens is 1. The first kappa shape index (κ1) is 13.9. The Balaban J connectivity index is 1.95. The summed E-state index contributed by atoms with van der Waals surface area (Å²) < 4.78 is 3.00. The molecule has 2 aromatic carbocycles. The van der Waals surface area contributed by atoms with Crippen LogP contribution in [0.5, 0.6) is 0 Å². The smallest absolute Gasteiger partial charge is 0.257 e. The van der Waals surface area contributed by atoms with Crippen molar-refractivity contribution in [2.45, 2.75) is 6.92 Å². The van der Waals surface area contributed by atoms with Crippen LogP contribution in [0.1, 0.15) is 15.9 Å². The summed E-state index contributed by atoms with van der Waals surface area (Å²) in [6.07, 6.45) is 1.87. The number of anilines is 1. The lowest BCUT2D eigenvalue weighted by Crippen LogP contribution is -2.11. The van der Waals surface area contributed by atoms with Crippen LogP contribution < -0.4 is 5.32 Å². The molecule has 3 nitrogen and oxygen atoms in total. The summed E-state index contributed by atoms with van der Waals surface area (Å²) in [7, 11) is 1.95. The molecule has 0 atom stereocenters. The molecule has 1 amide bonds. The molecule has 0 fully saturated rings. The van der Waals surface area contributed by atoms with E-state index >= 15 is 0 Å². The van der Waals surface area contributed by atoms with Gasteiger partial charge < -0.3 is 9.88 Å². The number of hydrogen-bond donors (Lipinski definition) is 1. The Morgan fingerprint density at radius 1 is 1.19 bits per heavy atom. The summed E-state index contributed by atoms with van der Waals surface area (Å²) in [4.78, 5) is 12.5. The first-order chi connectivity index (χ1) is 10.1. The van der Waals surface area contributed by atoms with Crippen molar-refractivity contribution < 1.29 is 4.79 Å². The zero-order chi connectivity index (χ0) is 15.0. The molecule has 1 N–H and O–H groups in total. The minimum Gasteiger partial charge on any atom is -0.350 e. The first-order valence-electron chi connectivity index (χ1n) is 6.68. The molecule has 0 aliphatic carbocycles. The van der Waals surface area contributed by atoms with Crippen LogP contribution in [0, 0.1) is 6.92 Å². The van der Waals surface area contributed by atoms with E-state index in [0.29, 0.717) is 5.56 Å². The summed E-state index contributed by atoms with van der Waals surface area (Å²) >= 11 is 3.46. The quantitative estimate of drug-likeness (QED) is 0.730. The maximum atomic E-state index is 12.5. The third-order valence-electron chi connectivity index (χ3n) is 3.56. The number of hydrogen-bond acceptors (Lipinski definition) is 1. The molecular formula is C17H15BrN2O. The second kappa shape index (κ2) is 5.37. The van der Waals surface area contributed by atoms with Gasteiger partial charge >= 0.3 is 0 Å². The average molecular weight is 343 g/mol. The maximum Gasteiger partial charge on any atom is 0.257 e. The predicted molar refractivity (Wildman–Crippen MR) is 89.8 cm³/mol. The second-order valence-corrected chi connectivity index (χ2v) is 5.94. The number of rotatable bonds is 2. The highest BCUT2D eigenvalue weighted by Crippen LogP contribution is 2.23. The Labute approximate surface area is 131 Å². The Bertz CT molecular complexity index is 836. The van der Waals surface area contributed by atoms with Crippen molar-refractivity contribution in [1.82, 2.24) is 4.57 Å². The molecule has 0 saturated carbocycles. The Hall–Kier alpha value is -2.07. The standard InChI is InChI=1S/C17H15BrN2O/c1-11-9-12(7-8-15(11)18)19-17(21)14-10-20(2)16-6-4-3-5-13(14)16/h3-10H,1-2H3,(H,19,21). The highest BCUT2D eigenvalue weighted by Gasteiger charge is 2.13. The third kappa shape index (κ3) is 2.59. The summed E-state index contributed by atoms with van der Waals surface area (Å²) in [5.41, 5.74) is 3.63. The molecule has 0 spiro atoms. The van der Waals surface area contributed by atoms with Gasteiger partial charge in [-0.15, -0.1) is 0 Å². The van der Waals surface area contributed by atoms with Gasteiger partial charge in [0.05, 0.1) is 5.56 Å². The Kier molecular flexibility index (Phi) is 3.55. The van der Waals surface area contributed by atoms with E-state index in [1.807, 2.05) is 67.2 Å². The van der Waals surface area contributed by atoms with Crippen molar-refractivity contribution in [3.8, 4) is 0 Å². The van der Waals surface area contributed by atoms with Crippen molar-refractivity contribution in [2.75, 3.05) is 5.32 Å². The minimum absolute atomic E-state index is 0.0893. The Morgan fingerprint density at radius 2 is 1.95 bits per heavy atom. The molecule has 3 aromatic rings. The predicted octanol–water partition coefficient (Wildman–Crippen LogP) is 4.50. The summed E-state index contributed by atoms with van der Waals surface area (Å²) in [6, 6.07) is 13.7. The molecule has 0 unspecified atom stereocenters. The second-order valence-electron chi connectivity index (χ2n) is 5.09. The van der Waals surface area contributed by atoms with Crippen LogP contribution in [0.4, 0.5) is 5.69 Å². The zero-order valence-corrected chi connectivity index (χ0v) is 13.4. The van der Waals surface area contributed by atoms with Crippen molar-refractivity contribution in [2.24, 2.45) is 7.05 Å². The lowest BCUT2D eigenvalue weighted by Gasteiger charge is -2.06. The minimum atomic E-state index is -0.0893. The van der Waals surface area contributed by atoms with E-state index in [9.17, 15) is 4.79 Å². The lowest BCUT2D eigenvalue weighted by molar-refractivity contribution is 0.102. The van der Waals surface area contributed by atoms with E-state index in [2.05, 4.69) is 21.2 Å². The van der Waals surface area contributed by atoms with Gasteiger partial charge in [0, 0.05) is 34.3 Å². The highest BCUT2D eigenvalue weighted by molar-refractivity contribution is 9.10. The number of para-hydroxylation sites is 1. The van der Waals surface area contributed by atoms with Gasteiger partial charge in [0.25, 0.3) is 5.91 Å². The van der Waals surface area contributed by atoms with Crippen molar-refractivity contribution in [3.63, 3.8) is 0 Å². The molecule has 21 heavy (non-hydrogen) atoms. The number of benzene rings is 2. The largest absolute Gasteiger partial charge is 0.350 e. The number of fused-ring (bicyclic) bond motifs is 1. The van der Waals surface area contributed by atoms with Gasteiger partial charge in [0.15, 0.2) is 0 Å². The molecule has 0 bridgehead atoms. The van der Waals surface area contributed by atoms with Crippen molar-refractivity contribution in [1.29, 1.82) is 0 Å². The number of aryl methyl sites for hydroxylation is 2. The van der Waals surface area contributed by atoms with Gasteiger partial charge in [0.1, 0.15) is 0 Å². The van der Waals surface area contributed by atoms with Gasteiger partial charge in [-0.2, -0.15) is 0 Å². The summed E-state index contributed by atoms with van der Waals surface area (Å²) in [5.74, 6) is -0.0893. The molecule has 0 aliphatic rings. The zero-order valence-electron chi connectivity index (χ0n) is 11.9. The first-order valence-corrected chi connectivity index (χ1v) is 7.47.